The molecule has 0 fully saturated rings. The summed E-state index contributed by atoms with van der Waals surface area (Å²) in [4.78, 5) is 4.48. The van der Waals surface area contributed by atoms with E-state index in [0.29, 0.717) is 18.1 Å². The number of aromatic nitrogens is 2. The van der Waals surface area contributed by atoms with E-state index in [0.717, 1.165) is 16.6 Å². The molecule has 1 aromatic carbocycles. The highest BCUT2D eigenvalue weighted by Crippen LogP contribution is 2.21. The van der Waals surface area contributed by atoms with Gasteiger partial charge in [0.1, 0.15) is 0 Å². The van der Waals surface area contributed by atoms with Gasteiger partial charge >= 0.3 is 0 Å². The summed E-state index contributed by atoms with van der Waals surface area (Å²) < 4.78 is 6.42. The lowest BCUT2D eigenvalue weighted by Gasteiger charge is -2.20. The average molecular weight is 324 g/mol. The van der Waals surface area contributed by atoms with Crippen LogP contribution in [-0.4, -0.2) is 16.7 Å². The van der Waals surface area contributed by atoms with E-state index in [-0.39, 0.29) is 5.54 Å². The molecule has 0 saturated heterocycles. The predicted octanol–water partition coefficient (Wildman–Crippen LogP) is 3.27. The first-order valence-corrected chi connectivity index (χ1v) is 7.13. The van der Waals surface area contributed by atoms with Crippen molar-refractivity contribution in [2.24, 2.45) is 0 Å². The summed E-state index contributed by atoms with van der Waals surface area (Å²) in [6, 6.07) is 8.06. The molecule has 0 aliphatic carbocycles. The zero-order valence-electron chi connectivity index (χ0n) is 11.4. The fourth-order valence-electron chi connectivity index (χ4n) is 1.91. The van der Waals surface area contributed by atoms with Crippen LogP contribution in [-0.2, 0) is 12.0 Å². The van der Waals surface area contributed by atoms with Crippen molar-refractivity contribution in [3.05, 3.63) is 46.0 Å². The summed E-state index contributed by atoms with van der Waals surface area (Å²) in [5.41, 5.74) is 0.851. The van der Waals surface area contributed by atoms with Crippen LogP contribution in [0.25, 0.3) is 0 Å². The van der Waals surface area contributed by atoms with Crippen LogP contribution in [0.15, 0.2) is 33.3 Å². The molecule has 0 bridgehead atoms. The molecular weight excluding hydrogens is 306 g/mol. The van der Waals surface area contributed by atoms with E-state index in [1.807, 2.05) is 32.0 Å². The van der Waals surface area contributed by atoms with Gasteiger partial charge in [-0.3, -0.25) is 0 Å². The van der Waals surface area contributed by atoms with Crippen molar-refractivity contribution in [3.63, 3.8) is 0 Å². The molecule has 0 aliphatic rings. The van der Waals surface area contributed by atoms with E-state index in [2.05, 4.69) is 44.4 Å². The maximum Gasteiger partial charge on any atom is 0.246 e. The lowest BCUT2D eigenvalue weighted by molar-refractivity contribution is 0.271. The quantitative estimate of drug-likeness (QED) is 0.917. The van der Waals surface area contributed by atoms with Gasteiger partial charge in [-0.25, -0.2) is 0 Å². The Bertz CT molecular complexity index is 551. The number of hydrogen-bond donors (Lipinski definition) is 1. The van der Waals surface area contributed by atoms with Gasteiger partial charge in [-0.1, -0.05) is 46.2 Å². The van der Waals surface area contributed by atoms with Crippen molar-refractivity contribution in [1.29, 1.82) is 0 Å². The molecule has 5 heteroatoms. The highest BCUT2D eigenvalue weighted by Gasteiger charge is 2.26. The van der Waals surface area contributed by atoms with Crippen molar-refractivity contribution in [2.45, 2.75) is 32.7 Å². The molecule has 1 N–H and O–H groups in total. The van der Waals surface area contributed by atoms with E-state index in [1.165, 1.54) is 0 Å². The second-order valence-corrected chi connectivity index (χ2v) is 5.79. The van der Waals surface area contributed by atoms with Gasteiger partial charge in [0, 0.05) is 10.9 Å². The van der Waals surface area contributed by atoms with Gasteiger partial charge < -0.3 is 9.84 Å². The first kappa shape index (κ1) is 14.2. The Morgan fingerprint density at radius 1 is 1.32 bits per heavy atom. The Morgan fingerprint density at radius 3 is 2.74 bits per heavy atom. The van der Waals surface area contributed by atoms with E-state index in [4.69, 9.17) is 4.52 Å². The van der Waals surface area contributed by atoms with E-state index in [9.17, 15) is 0 Å². The van der Waals surface area contributed by atoms with Crippen LogP contribution in [0.4, 0.5) is 0 Å². The van der Waals surface area contributed by atoms with E-state index < -0.39 is 0 Å². The lowest BCUT2D eigenvalue weighted by atomic mass is 10.1. The fourth-order valence-corrected chi connectivity index (χ4v) is 2.33. The maximum absolute atomic E-state index is 5.36. The van der Waals surface area contributed by atoms with Gasteiger partial charge in [0.2, 0.25) is 5.89 Å². The minimum atomic E-state index is -0.298. The van der Waals surface area contributed by atoms with Crippen LogP contribution in [0.5, 0.6) is 0 Å². The molecule has 1 heterocycles. The predicted molar refractivity (Wildman–Crippen MR) is 77.9 cm³/mol. The Kier molecular flexibility index (Phi) is 4.37. The van der Waals surface area contributed by atoms with E-state index >= 15 is 0 Å². The van der Waals surface area contributed by atoms with Gasteiger partial charge in [0.15, 0.2) is 5.82 Å². The van der Waals surface area contributed by atoms with Crippen LogP contribution < -0.4 is 5.32 Å². The molecule has 2 rings (SSSR count). The molecule has 2 aromatic rings. The van der Waals surface area contributed by atoms with Crippen LogP contribution in [0.3, 0.4) is 0 Å². The molecule has 0 amide bonds. The number of halogens is 1. The molecule has 4 nitrogen and oxygen atoms in total. The molecule has 0 aliphatic heterocycles. The topological polar surface area (TPSA) is 51.0 Å². The molecular formula is C14H18BrN3O. The smallest absolute Gasteiger partial charge is 0.246 e. The monoisotopic (exact) mass is 323 g/mol. The molecule has 1 aromatic heterocycles. The Labute approximate surface area is 121 Å². The highest BCUT2D eigenvalue weighted by molar-refractivity contribution is 9.10. The van der Waals surface area contributed by atoms with Crippen LogP contribution in [0, 0.1) is 0 Å². The largest absolute Gasteiger partial charge is 0.337 e. The van der Waals surface area contributed by atoms with Crippen molar-refractivity contribution >= 4 is 15.9 Å². The minimum absolute atomic E-state index is 0.298. The van der Waals surface area contributed by atoms with Crippen LogP contribution in [0.1, 0.15) is 38.0 Å². The summed E-state index contributed by atoms with van der Waals surface area (Å²) in [6.07, 6.45) is 0.660. The summed E-state index contributed by atoms with van der Waals surface area (Å²) in [6.45, 7) is 6.98. The van der Waals surface area contributed by atoms with Crippen molar-refractivity contribution in [2.75, 3.05) is 6.54 Å². The number of hydrogen-bond acceptors (Lipinski definition) is 4. The normalized spacial score (nSPS) is 11.8. The first-order chi connectivity index (χ1) is 9.03. The van der Waals surface area contributed by atoms with Gasteiger partial charge in [0.25, 0.3) is 0 Å². The maximum atomic E-state index is 5.36. The second-order valence-electron chi connectivity index (χ2n) is 4.94. The third-order valence-corrected chi connectivity index (χ3v) is 3.70. The van der Waals surface area contributed by atoms with Crippen molar-refractivity contribution in [3.8, 4) is 0 Å². The molecule has 0 unspecified atom stereocenters. The summed E-state index contributed by atoms with van der Waals surface area (Å²) >= 11 is 3.53. The number of nitrogens with one attached hydrogen (secondary N) is 1. The fraction of sp³-hybridized carbons (Fsp3) is 0.429. The molecule has 0 spiro atoms. The van der Waals surface area contributed by atoms with Gasteiger partial charge in [0.05, 0.1) is 5.54 Å². The molecule has 102 valence electrons. The van der Waals surface area contributed by atoms with Crippen LogP contribution >= 0.6 is 15.9 Å². The molecule has 0 radical (unpaired) electrons. The minimum Gasteiger partial charge on any atom is -0.337 e. The van der Waals surface area contributed by atoms with Gasteiger partial charge in [-0.2, -0.15) is 4.98 Å². The summed E-state index contributed by atoms with van der Waals surface area (Å²) in [7, 11) is 0. The lowest BCUT2D eigenvalue weighted by Crippen LogP contribution is -2.36. The average Bonchev–Trinajstić information content (AvgIpc) is 2.81. The number of rotatable bonds is 5. The van der Waals surface area contributed by atoms with Gasteiger partial charge in [-0.15, -0.1) is 0 Å². The zero-order chi connectivity index (χ0) is 13.9. The molecule has 19 heavy (non-hydrogen) atoms. The van der Waals surface area contributed by atoms with Crippen LogP contribution in [0.2, 0.25) is 0 Å². The third kappa shape index (κ3) is 3.42. The second kappa shape index (κ2) is 5.84. The molecule has 0 atom stereocenters. The Morgan fingerprint density at radius 2 is 2.05 bits per heavy atom. The van der Waals surface area contributed by atoms with Crippen molar-refractivity contribution in [1.82, 2.24) is 15.5 Å². The standard InChI is InChI=1S/C14H18BrN3O/c1-4-16-14(2,3)13-17-12(18-19-13)9-10-7-5-6-8-11(10)15/h5-8,16H,4,9H2,1-3H3. The van der Waals surface area contributed by atoms with E-state index in [1.54, 1.807) is 0 Å². The zero-order valence-corrected chi connectivity index (χ0v) is 13.0. The SMILES string of the molecule is CCNC(C)(C)c1nc(Cc2ccccc2Br)no1. The number of benzene rings is 1. The molecule has 0 saturated carbocycles. The first-order valence-electron chi connectivity index (χ1n) is 6.34. The summed E-state index contributed by atoms with van der Waals surface area (Å²) in [5.74, 6) is 1.32. The summed E-state index contributed by atoms with van der Waals surface area (Å²) in [5, 5.41) is 7.38. The van der Waals surface area contributed by atoms with Crippen molar-refractivity contribution < 1.29 is 4.52 Å². The Hall–Kier alpha value is -1.20. The highest BCUT2D eigenvalue weighted by atomic mass is 79.9. The Balaban J connectivity index is 2.16. The number of nitrogens with zero attached hydrogens (tertiary/aromatic N) is 2. The van der Waals surface area contributed by atoms with Gasteiger partial charge in [-0.05, 0) is 32.0 Å². The third-order valence-electron chi connectivity index (χ3n) is 2.93.